The highest BCUT2D eigenvalue weighted by atomic mass is 16.5. The van der Waals surface area contributed by atoms with Gasteiger partial charge in [0, 0.05) is 18.2 Å². The van der Waals surface area contributed by atoms with Crippen LogP contribution in [0.5, 0.6) is 11.5 Å². The average molecular weight is 239 g/mol. The Balaban J connectivity index is 2.52. The summed E-state index contributed by atoms with van der Waals surface area (Å²) in [5.41, 5.74) is 1.08. The first-order valence-electron chi connectivity index (χ1n) is 5.77. The minimum Gasteiger partial charge on any atom is -0.497 e. The molecular formula is C13H21NO3. The van der Waals surface area contributed by atoms with Crippen molar-refractivity contribution in [3.63, 3.8) is 0 Å². The van der Waals surface area contributed by atoms with E-state index in [1.165, 1.54) is 0 Å². The smallest absolute Gasteiger partial charge is 0.127 e. The zero-order chi connectivity index (χ0) is 12.7. The van der Waals surface area contributed by atoms with Gasteiger partial charge in [-0.25, -0.2) is 0 Å². The van der Waals surface area contributed by atoms with Crippen molar-refractivity contribution in [1.82, 2.24) is 5.32 Å². The Bertz CT molecular complexity index is 339. The Hall–Kier alpha value is -1.26. The standard InChI is InChI=1S/C13H21NO3/c1-10(15)6-7-14-9-11-4-5-12(16-2)8-13(11)17-3/h4-5,8,10,14-15H,6-7,9H2,1-3H3. The van der Waals surface area contributed by atoms with Gasteiger partial charge in [0.25, 0.3) is 0 Å². The number of hydrogen-bond acceptors (Lipinski definition) is 4. The number of methoxy groups -OCH3 is 2. The van der Waals surface area contributed by atoms with Gasteiger partial charge >= 0.3 is 0 Å². The molecule has 1 aromatic rings. The van der Waals surface area contributed by atoms with Crippen LogP contribution in [0, 0.1) is 0 Å². The van der Waals surface area contributed by atoms with E-state index >= 15 is 0 Å². The van der Waals surface area contributed by atoms with E-state index in [0.717, 1.165) is 36.6 Å². The van der Waals surface area contributed by atoms with E-state index in [2.05, 4.69) is 5.32 Å². The highest BCUT2D eigenvalue weighted by molar-refractivity contribution is 5.40. The van der Waals surface area contributed by atoms with Gasteiger partial charge in [0.2, 0.25) is 0 Å². The Morgan fingerprint density at radius 1 is 1.29 bits per heavy atom. The molecule has 0 spiro atoms. The van der Waals surface area contributed by atoms with Gasteiger partial charge in [-0.1, -0.05) is 6.07 Å². The van der Waals surface area contributed by atoms with E-state index in [4.69, 9.17) is 14.6 Å². The van der Waals surface area contributed by atoms with Crippen LogP contribution < -0.4 is 14.8 Å². The summed E-state index contributed by atoms with van der Waals surface area (Å²) >= 11 is 0. The van der Waals surface area contributed by atoms with E-state index in [9.17, 15) is 0 Å². The molecule has 0 saturated heterocycles. The van der Waals surface area contributed by atoms with Gasteiger partial charge in [-0.2, -0.15) is 0 Å². The van der Waals surface area contributed by atoms with Crippen molar-refractivity contribution in [3.8, 4) is 11.5 Å². The van der Waals surface area contributed by atoms with Crippen molar-refractivity contribution in [2.24, 2.45) is 0 Å². The predicted molar refractivity (Wildman–Crippen MR) is 67.6 cm³/mol. The molecule has 4 nitrogen and oxygen atoms in total. The fraction of sp³-hybridized carbons (Fsp3) is 0.538. The molecule has 1 rings (SSSR count). The number of benzene rings is 1. The van der Waals surface area contributed by atoms with Crippen LogP contribution >= 0.6 is 0 Å². The van der Waals surface area contributed by atoms with Crippen LogP contribution in [0.15, 0.2) is 18.2 Å². The first-order chi connectivity index (χ1) is 8.17. The van der Waals surface area contributed by atoms with Gasteiger partial charge in [-0.05, 0) is 26.0 Å². The normalized spacial score (nSPS) is 12.2. The Morgan fingerprint density at radius 3 is 2.65 bits per heavy atom. The largest absolute Gasteiger partial charge is 0.497 e. The minimum atomic E-state index is -0.264. The summed E-state index contributed by atoms with van der Waals surface area (Å²) in [7, 11) is 3.28. The fourth-order valence-electron chi connectivity index (χ4n) is 1.53. The maximum Gasteiger partial charge on any atom is 0.127 e. The van der Waals surface area contributed by atoms with Crippen LogP contribution in [-0.2, 0) is 6.54 Å². The molecule has 17 heavy (non-hydrogen) atoms. The molecule has 0 amide bonds. The predicted octanol–water partition coefficient (Wildman–Crippen LogP) is 1.56. The molecule has 0 aliphatic rings. The van der Waals surface area contributed by atoms with Crippen molar-refractivity contribution in [3.05, 3.63) is 23.8 Å². The van der Waals surface area contributed by atoms with Crippen molar-refractivity contribution in [2.75, 3.05) is 20.8 Å². The summed E-state index contributed by atoms with van der Waals surface area (Å²) in [6.45, 7) is 3.29. The number of aliphatic hydroxyl groups excluding tert-OH is 1. The quantitative estimate of drug-likeness (QED) is 0.709. The average Bonchev–Trinajstić information content (AvgIpc) is 2.34. The Kier molecular flexibility index (Phi) is 5.80. The van der Waals surface area contributed by atoms with Crippen LogP contribution in [0.3, 0.4) is 0 Å². The zero-order valence-electron chi connectivity index (χ0n) is 10.7. The second-order valence-electron chi connectivity index (χ2n) is 3.99. The molecule has 1 unspecified atom stereocenters. The van der Waals surface area contributed by atoms with E-state index in [-0.39, 0.29) is 6.10 Å². The second-order valence-corrected chi connectivity index (χ2v) is 3.99. The van der Waals surface area contributed by atoms with Gasteiger partial charge in [0.1, 0.15) is 11.5 Å². The maximum absolute atomic E-state index is 9.14. The lowest BCUT2D eigenvalue weighted by Crippen LogP contribution is -2.18. The molecule has 96 valence electrons. The maximum atomic E-state index is 9.14. The highest BCUT2D eigenvalue weighted by Gasteiger charge is 2.04. The zero-order valence-corrected chi connectivity index (χ0v) is 10.7. The van der Waals surface area contributed by atoms with E-state index in [0.29, 0.717) is 0 Å². The van der Waals surface area contributed by atoms with Gasteiger partial charge in [0.15, 0.2) is 0 Å². The molecule has 0 radical (unpaired) electrons. The summed E-state index contributed by atoms with van der Waals surface area (Å²) in [6, 6.07) is 5.76. The summed E-state index contributed by atoms with van der Waals surface area (Å²) in [6.07, 6.45) is 0.485. The van der Waals surface area contributed by atoms with Gasteiger partial charge in [-0.15, -0.1) is 0 Å². The summed E-state index contributed by atoms with van der Waals surface area (Å²) < 4.78 is 10.4. The summed E-state index contributed by atoms with van der Waals surface area (Å²) in [4.78, 5) is 0. The van der Waals surface area contributed by atoms with Crippen LogP contribution in [0.4, 0.5) is 0 Å². The number of nitrogens with one attached hydrogen (secondary N) is 1. The van der Waals surface area contributed by atoms with E-state index in [1.54, 1.807) is 21.1 Å². The van der Waals surface area contributed by atoms with Crippen LogP contribution in [0.2, 0.25) is 0 Å². The van der Waals surface area contributed by atoms with Crippen molar-refractivity contribution < 1.29 is 14.6 Å². The van der Waals surface area contributed by atoms with Gasteiger partial charge < -0.3 is 19.9 Å². The van der Waals surface area contributed by atoms with Gasteiger partial charge in [0.05, 0.1) is 20.3 Å². The van der Waals surface area contributed by atoms with Crippen molar-refractivity contribution in [2.45, 2.75) is 26.0 Å². The van der Waals surface area contributed by atoms with E-state index in [1.807, 2.05) is 18.2 Å². The number of rotatable bonds is 7. The second kappa shape index (κ2) is 7.14. The molecule has 0 fully saturated rings. The molecular weight excluding hydrogens is 218 g/mol. The lowest BCUT2D eigenvalue weighted by molar-refractivity contribution is 0.183. The molecule has 0 aromatic heterocycles. The molecule has 0 aliphatic carbocycles. The van der Waals surface area contributed by atoms with Crippen LogP contribution in [0.25, 0.3) is 0 Å². The lowest BCUT2D eigenvalue weighted by atomic mass is 10.2. The van der Waals surface area contributed by atoms with Crippen molar-refractivity contribution in [1.29, 1.82) is 0 Å². The highest BCUT2D eigenvalue weighted by Crippen LogP contribution is 2.24. The first kappa shape index (κ1) is 13.8. The van der Waals surface area contributed by atoms with E-state index < -0.39 is 0 Å². The third-order valence-corrected chi connectivity index (χ3v) is 2.55. The van der Waals surface area contributed by atoms with Gasteiger partial charge in [-0.3, -0.25) is 0 Å². The molecule has 0 heterocycles. The topological polar surface area (TPSA) is 50.7 Å². The molecule has 1 atom stereocenters. The van der Waals surface area contributed by atoms with Crippen LogP contribution in [-0.4, -0.2) is 32.0 Å². The molecule has 4 heteroatoms. The third kappa shape index (κ3) is 4.63. The number of hydrogen-bond donors (Lipinski definition) is 2. The fourth-order valence-corrected chi connectivity index (χ4v) is 1.53. The SMILES string of the molecule is COc1ccc(CNCCC(C)O)c(OC)c1. The number of aliphatic hydroxyl groups is 1. The first-order valence-corrected chi connectivity index (χ1v) is 5.77. The summed E-state index contributed by atoms with van der Waals surface area (Å²) in [5, 5.41) is 12.4. The summed E-state index contributed by atoms with van der Waals surface area (Å²) in [5.74, 6) is 1.60. The molecule has 1 aromatic carbocycles. The molecule has 2 N–H and O–H groups in total. The lowest BCUT2D eigenvalue weighted by Gasteiger charge is -2.11. The Labute approximate surface area is 103 Å². The molecule has 0 bridgehead atoms. The molecule has 0 aliphatic heterocycles. The van der Waals surface area contributed by atoms with Crippen LogP contribution in [0.1, 0.15) is 18.9 Å². The Morgan fingerprint density at radius 2 is 2.06 bits per heavy atom. The molecule has 0 saturated carbocycles. The monoisotopic (exact) mass is 239 g/mol. The third-order valence-electron chi connectivity index (χ3n) is 2.55. The number of ether oxygens (including phenoxy) is 2. The minimum absolute atomic E-state index is 0.264. The van der Waals surface area contributed by atoms with Crippen molar-refractivity contribution >= 4 is 0 Å².